The SMILES string of the molecule is c1ccc(-c2nc3ccc4ccc5ccc(N(c6ccccc6)c6ccc(-c7ccc(-c8ccccc8)c8ccccc78)cc6-c6ccccc6)cc5c4c3o2)cc1. The van der Waals surface area contributed by atoms with Gasteiger partial charge in [-0.3, -0.25) is 0 Å². The smallest absolute Gasteiger partial charge is 0.227 e. The third-order valence-electron chi connectivity index (χ3n) is 11.3. The fourth-order valence-electron chi connectivity index (χ4n) is 8.52. The lowest BCUT2D eigenvalue weighted by Gasteiger charge is -2.29. The Morgan fingerprint density at radius 2 is 0.914 bits per heavy atom. The molecule has 11 aromatic rings. The summed E-state index contributed by atoms with van der Waals surface area (Å²) in [5.41, 5.74) is 12.9. The second-order valence-electron chi connectivity index (χ2n) is 14.7. The maximum absolute atomic E-state index is 6.62. The number of benzene rings is 10. The molecule has 0 bridgehead atoms. The van der Waals surface area contributed by atoms with Crippen molar-refractivity contribution in [3.8, 4) is 44.8 Å². The highest BCUT2D eigenvalue weighted by Crippen LogP contribution is 2.46. The van der Waals surface area contributed by atoms with Crippen molar-refractivity contribution in [2.45, 2.75) is 0 Å². The highest BCUT2D eigenvalue weighted by atomic mass is 16.3. The number of para-hydroxylation sites is 1. The molecule has 0 atom stereocenters. The molecule has 0 unspecified atom stereocenters. The van der Waals surface area contributed by atoms with Crippen LogP contribution in [0, 0.1) is 0 Å². The zero-order valence-corrected chi connectivity index (χ0v) is 31.6. The lowest BCUT2D eigenvalue weighted by Crippen LogP contribution is -2.11. The second-order valence-corrected chi connectivity index (χ2v) is 14.7. The Balaban J connectivity index is 1.12. The van der Waals surface area contributed by atoms with Crippen LogP contribution in [0.4, 0.5) is 17.1 Å². The van der Waals surface area contributed by atoms with Gasteiger partial charge in [0.1, 0.15) is 5.52 Å². The Morgan fingerprint density at radius 1 is 0.362 bits per heavy atom. The summed E-state index contributed by atoms with van der Waals surface area (Å²) in [6.07, 6.45) is 0. The van der Waals surface area contributed by atoms with Crippen molar-refractivity contribution in [3.05, 3.63) is 218 Å². The molecule has 0 radical (unpaired) electrons. The van der Waals surface area contributed by atoms with Crippen molar-refractivity contribution in [1.29, 1.82) is 0 Å². The average molecular weight is 741 g/mol. The van der Waals surface area contributed by atoms with Crippen molar-refractivity contribution in [3.63, 3.8) is 0 Å². The summed E-state index contributed by atoms with van der Waals surface area (Å²) in [5.74, 6) is 0.622. The van der Waals surface area contributed by atoms with Gasteiger partial charge in [0.25, 0.3) is 0 Å². The molecular formula is C55H36N2O. The summed E-state index contributed by atoms with van der Waals surface area (Å²) in [7, 11) is 0. The second kappa shape index (κ2) is 14.1. The van der Waals surface area contributed by atoms with Gasteiger partial charge in [-0.05, 0) is 109 Å². The number of hydrogen-bond donors (Lipinski definition) is 0. The maximum Gasteiger partial charge on any atom is 0.227 e. The number of rotatable bonds is 7. The van der Waals surface area contributed by atoms with Gasteiger partial charge in [-0.2, -0.15) is 0 Å². The van der Waals surface area contributed by atoms with E-state index in [1.54, 1.807) is 0 Å². The van der Waals surface area contributed by atoms with Crippen LogP contribution < -0.4 is 4.90 Å². The van der Waals surface area contributed by atoms with Crippen LogP contribution in [0.1, 0.15) is 0 Å². The van der Waals surface area contributed by atoms with Gasteiger partial charge >= 0.3 is 0 Å². The standard InChI is InChI=1S/C55H36N2O/c1-5-15-37(16-6-1)45-31-32-46(48-24-14-13-23-47(45)48)42-29-34-52(49(35-42)38-17-7-2-8-18-38)57(43-21-11-4-12-22-43)44-30-27-39-25-26-40-28-33-51-54(53(40)50(39)36-44)58-55(56-51)41-19-9-3-10-20-41/h1-36H. The van der Waals surface area contributed by atoms with E-state index in [0.717, 1.165) is 72.0 Å². The van der Waals surface area contributed by atoms with E-state index in [9.17, 15) is 0 Å². The summed E-state index contributed by atoms with van der Waals surface area (Å²) in [6, 6.07) is 77.8. The predicted molar refractivity (Wildman–Crippen MR) is 243 cm³/mol. The van der Waals surface area contributed by atoms with Crippen LogP contribution in [0.5, 0.6) is 0 Å². The fraction of sp³-hybridized carbons (Fsp3) is 0. The summed E-state index contributed by atoms with van der Waals surface area (Å²) in [6.45, 7) is 0. The first-order valence-electron chi connectivity index (χ1n) is 19.7. The molecule has 1 heterocycles. The van der Waals surface area contributed by atoms with Crippen molar-refractivity contribution in [2.24, 2.45) is 0 Å². The number of oxazole rings is 1. The Labute approximate surface area is 336 Å². The molecule has 11 rings (SSSR count). The highest BCUT2D eigenvalue weighted by molar-refractivity contribution is 6.19. The van der Waals surface area contributed by atoms with Crippen molar-refractivity contribution >= 4 is 60.5 Å². The van der Waals surface area contributed by atoms with Crippen LogP contribution in [0.25, 0.3) is 88.3 Å². The summed E-state index contributed by atoms with van der Waals surface area (Å²) in [4.78, 5) is 7.32. The van der Waals surface area contributed by atoms with E-state index in [-0.39, 0.29) is 0 Å². The van der Waals surface area contributed by atoms with Crippen LogP contribution in [-0.2, 0) is 0 Å². The van der Waals surface area contributed by atoms with Gasteiger partial charge in [0.2, 0.25) is 5.89 Å². The van der Waals surface area contributed by atoms with Gasteiger partial charge in [-0.15, -0.1) is 0 Å². The summed E-state index contributed by atoms with van der Waals surface area (Å²) < 4.78 is 6.62. The molecule has 0 aliphatic heterocycles. The van der Waals surface area contributed by atoms with E-state index in [2.05, 4.69) is 193 Å². The first-order chi connectivity index (χ1) is 28.8. The zero-order valence-electron chi connectivity index (χ0n) is 31.6. The van der Waals surface area contributed by atoms with Gasteiger partial charge in [0.15, 0.2) is 5.58 Å². The van der Waals surface area contributed by atoms with E-state index in [4.69, 9.17) is 9.40 Å². The molecule has 0 aliphatic rings. The molecule has 3 nitrogen and oxygen atoms in total. The normalized spacial score (nSPS) is 11.4. The fourth-order valence-corrected chi connectivity index (χ4v) is 8.52. The molecule has 0 saturated heterocycles. The molecule has 0 aliphatic carbocycles. The molecule has 0 saturated carbocycles. The van der Waals surface area contributed by atoms with Crippen LogP contribution in [0.3, 0.4) is 0 Å². The minimum atomic E-state index is 0.622. The molecular weight excluding hydrogens is 705 g/mol. The monoisotopic (exact) mass is 740 g/mol. The quantitative estimate of drug-likeness (QED) is 0.152. The summed E-state index contributed by atoms with van der Waals surface area (Å²) in [5, 5.41) is 6.88. The molecule has 58 heavy (non-hydrogen) atoms. The third-order valence-corrected chi connectivity index (χ3v) is 11.3. The lowest BCUT2D eigenvalue weighted by molar-refractivity contribution is 0.623. The molecule has 0 N–H and O–H groups in total. The minimum Gasteiger partial charge on any atom is -0.435 e. The number of fused-ring (bicyclic) bond motifs is 6. The van der Waals surface area contributed by atoms with Crippen LogP contribution >= 0.6 is 0 Å². The Hall–Kier alpha value is -7.75. The Kier molecular flexibility index (Phi) is 8.15. The predicted octanol–water partition coefficient (Wildman–Crippen LogP) is 15.4. The Morgan fingerprint density at radius 3 is 1.60 bits per heavy atom. The molecule has 10 aromatic carbocycles. The average Bonchev–Trinajstić information content (AvgIpc) is 3.75. The third kappa shape index (κ3) is 5.80. The van der Waals surface area contributed by atoms with Crippen molar-refractivity contribution < 1.29 is 4.42 Å². The molecule has 3 heteroatoms. The Bertz CT molecular complexity index is 3270. The largest absolute Gasteiger partial charge is 0.435 e. The maximum atomic E-state index is 6.62. The number of hydrogen-bond acceptors (Lipinski definition) is 3. The van der Waals surface area contributed by atoms with Crippen LogP contribution in [0.2, 0.25) is 0 Å². The van der Waals surface area contributed by atoms with Gasteiger partial charge in [0.05, 0.1) is 5.69 Å². The molecule has 0 fully saturated rings. The lowest BCUT2D eigenvalue weighted by atomic mass is 9.90. The summed E-state index contributed by atoms with van der Waals surface area (Å²) >= 11 is 0. The molecule has 272 valence electrons. The first-order valence-corrected chi connectivity index (χ1v) is 19.7. The molecule has 0 spiro atoms. The van der Waals surface area contributed by atoms with Gasteiger partial charge in [-0.1, -0.05) is 164 Å². The van der Waals surface area contributed by atoms with Crippen LogP contribution in [0.15, 0.2) is 223 Å². The number of anilines is 3. The van der Waals surface area contributed by atoms with Crippen LogP contribution in [-0.4, -0.2) is 4.98 Å². The van der Waals surface area contributed by atoms with Crippen molar-refractivity contribution in [2.75, 3.05) is 4.90 Å². The van der Waals surface area contributed by atoms with E-state index < -0.39 is 0 Å². The highest BCUT2D eigenvalue weighted by Gasteiger charge is 2.21. The molecule has 1 aromatic heterocycles. The van der Waals surface area contributed by atoms with Gasteiger partial charge in [0, 0.05) is 27.9 Å². The van der Waals surface area contributed by atoms with E-state index in [1.165, 1.54) is 27.5 Å². The first kappa shape index (κ1) is 33.6. The number of aromatic nitrogens is 1. The molecule has 0 amide bonds. The minimum absolute atomic E-state index is 0.622. The zero-order chi connectivity index (χ0) is 38.4. The van der Waals surface area contributed by atoms with Crippen molar-refractivity contribution in [1.82, 2.24) is 4.98 Å². The van der Waals surface area contributed by atoms with Gasteiger partial charge < -0.3 is 9.32 Å². The number of nitrogens with zero attached hydrogens (tertiary/aromatic N) is 2. The van der Waals surface area contributed by atoms with E-state index in [1.807, 2.05) is 30.3 Å². The van der Waals surface area contributed by atoms with E-state index >= 15 is 0 Å². The topological polar surface area (TPSA) is 29.3 Å². The van der Waals surface area contributed by atoms with Gasteiger partial charge in [-0.25, -0.2) is 4.98 Å². The van der Waals surface area contributed by atoms with E-state index in [0.29, 0.717) is 5.89 Å².